The van der Waals surface area contributed by atoms with E-state index in [1.54, 1.807) is 11.0 Å². The second-order valence-electron chi connectivity index (χ2n) is 6.41. The number of halogens is 1. The van der Waals surface area contributed by atoms with Crippen LogP contribution in [0, 0.1) is 11.7 Å². The fourth-order valence-corrected chi connectivity index (χ4v) is 4.54. The van der Waals surface area contributed by atoms with Gasteiger partial charge in [0.1, 0.15) is 5.82 Å². The van der Waals surface area contributed by atoms with Crippen LogP contribution in [-0.2, 0) is 9.59 Å². The van der Waals surface area contributed by atoms with E-state index < -0.39 is 0 Å². The topological polar surface area (TPSA) is 61.4 Å². The third-order valence-corrected chi connectivity index (χ3v) is 5.88. The zero-order valence-electron chi connectivity index (χ0n) is 13.7. The molecule has 2 heterocycles. The van der Waals surface area contributed by atoms with Crippen molar-refractivity contribution in [3.05, 3.63) is 36.1 Å². The molecule has 5 nitrogen and oxygen atoms in total. The van der Waals surface area contributed by atoms with Gasteiger partial charge in [0.15, 0.2) is 5.50 Å². The van der Waals surface area contributed by atoms with Crippen LogP contribution < -0.4 is 10.6 Å². The van der Waals surface area contributed by atoms with Crippen molar-refractivity contribution < 1.29 is 14.0 Å². The van der Waals surface area contributed by atoms with Crippen molar-refractivity contribution in [3.8, 4) is 0 Å². The lowest BCUT2D eigenvalue weighted by atomic mass is 10.1. The number of fused-ring (bicyclic) bond motifs is 3. The molecule has 25 heavy (non-hydrogen) atoms. The van der Waals surface area contributed by atoms with Crippen LogP contribution in [0.1, 0.15) is 13.3 Å². The summed E-state index contributed by atoms with van der Waals surface area (Å²) < 4.78 is 13.4. The van der Waals surface area contributed by atoms with Crippen LogP contribution in [0.15, 0.2) is 35.2 Å². The van der Waals surface area contributed by atoms with Gasteiger partial charge in [-0.1, -0.05) is 23.9 Å². The minimum Gasteiger partial charge on any atom is -0.356 e. The summed E-state index contributed by atoms with van der Waals surface area (Å²) in [6, 6.07) is 8.50. The molecule has 0 aliphatic carbocycles. The molecule has 2 aliphatic rings. The Morgan fingerprint density at radius 1 is 1.32 bits per heavy atom. The predicted octanol–water partition coefficient (Wildman–Crippen LogP) is 2.76. The molecule has 2 aliphatic heterocycles. The predicted molar refractivity (Wildman–Crippen MR) is 95.7 cm³/mol. The number of hydrogen-bond acceptors (Lipinski definition) is 4. The molecule has 0 saturated carbocycles. The molecule has 1 unspecified atom stereocenters. The van der Waals surface area contributed by atoms with E-state index in [1.807, 2.05) is 12.1 Å². The van der Waals surface area contributed by atoms with E-state index in [9.17, 15) is 14.0 Å². The molecule has 0 bridgehead atoms. The first-order valence-corrected chi connectivity index (χ1v) is 9.10. The highest BCUT2D eigenvalue weighted by Crippen LogP contribution is 2.42. The number of nitrogens with one attached hydrogen (secondary N) is 2. The Kier molecular flexibility index (Phi) is 4.03. The third kappa shape index (κ3) is 3.04. The monoisotopic (exact) mass is 359 g/mol. The first-order valence-electron chi connectivity index (χ1n) is 8.22. The summed E-state index contributed by atoms with van der Waals surface area (Å²) in [7, 11) is 0. The Bertz CT molecular complexity index is 873. The van der Waals surface area contributed by atoms with Crippen LogP contribution in [0.3, 0.4) is 0 Å². The highest BCUT2D eigenvalue weighted by Gasteiger charge is 2.32. The van der Waals surface area contributed by atoms with Crippen LogP contribution in [-0.4, -0.2) is 35.3 Å². The number of carbonyl (C=O) groups excluding carboxylic acids is 2. The van der Waals surface area contributed by atoms with Gasteiger partial charge in [-0.2, -0.15) is 0 Å². The minimum atomic E-state index is -0.260. The Hall–Kier alpha value is -2.28. The van der Waals surface area contributed by atoms with Gasteiger partial charge in [-0.15, -0.1) is 0 Å². The number of benzene rings is 2. The van der Waals surface area contributed by atoms with Crippen LogP contribution in [0.2, 0.25) is 0 Å². The quantitative estimate of drug-likeness (QED) is 0.866. The van der Waals surface area contributed by atoms with Gasteiger partial charge in [-0.3, -0.25) is 9.59 Å². The molecule has 4 rings (SSSR count). The van der Waals surface area contributed by atoms with Gasteiger partial charge in [-0.25, -0.2) is 4.39 Å². The van der Waals surface area contributed by atoms with Crippen molar-refractivity contribution in [2.45, 2.75) is 23.7 Å². The van der Waals surface area contributed by atoms with E-state index in [4.69, 9.17) is 0 Å². The maximum Gasteiger partial charge on any atom is 0.227 e. The molecular weight excluding hydrogens is 341 g/mol. The number of carbonyl (C=O) groups is 2. The average molecular weight is 359 g/mol. The van der Waals surface area contributed by atoms with Gasteiger partial charge in [-0.05, 0) is 35.4 Å². The number of rotatable bonds is 2. The smallest absolute Gasteiger partial charge is 0.227 e. The normalized spacial score (nSPS) is 21.9. The molecule has 2 aromatic carbocycles. The SMILES string of the molecule is CC(=O)N1CC[C@H](C(=O)NC2Nc3ccc4cc(F)ccc4c3S2)C1. The van der Waals surface area contributed by atoms with E-state index in [0.717, 1.165) is 21.4 Å². The van der Waals surface area contributed by atoms with Gasteiger partial charge < -0.3 is 15.5 Å². The fourth-order valence-electron chi connectivity index (χ4n) is 3.37. The number of thioether (sulfide) groups is 1. The zero-order chi connectivity index (χ0) is 17.6. The second kappa shape index (κ2) is 6.22. The summed E-state index contributed by atoms with van der Waals surface area (Å²) in [6.45, 7) is 2.64. The summed E-state index contributed by atoms with van der Waals surface area (Å²) in [4.78, 5) is 26.6. The molecule has 7 heteroatoms. The lowest BCUT2D eigenvalue weighted by Gasteiger charge is -2.17. The first kappa shape index (κ1) is 16.2. The Morgan fingerprint density at radius 2 is 2.16 bits per heavy atom. The van der Waals surface area contributed by atoms with Gasteiger partial charge in [0.25, 0.3) is 0 Å². The molecule has 1 saturated heterocycles. The molecule has 2 amide bonds. The van der Waals surface area contributed by atoms with E-state index in [1.165, 1.54) is 30.8 Å². The van der Waals surface area contributed by atoms with Crippen LogP contribution in [0.25, 0.3) is 10.8 Å². The van der Waals surface area contributed by atoms with Gasteiger partial charge in [0.05, 0.1) is 11.6 Å². The van der Waals surface area contributed by atoms with E-state index in [0.29, 0.717) is 19.5 Å². The third-order valence-electron chi connectivity index (χ3n) is 4.73. The zero-order valence-corrected chi connectivity index (χ0v) is 14.5. The Labute approximate surface area is 148 Å². The maximum absolute atomic E-state index is 13.4. The Balaban J connectivity index is 1.46. The summed E-state index contributed by atoms with van der Waals surface area (Å²) in [5, 5.41) is 8.10. The highest BCUT2D eigenvalue weighted by molar-refractivity contribution is 8.00. The second-order valence-corrected chi connectivity index (χ2v) is 7.52. The number of nitrogens with zero attached hydrogens (tertiary/aromatic N) is 1. The van der Waals surface area contributed by atoms with E-state index >= 15 is 0 Å². The lowest BCUT2D eigenvalue weighted by Crippen LogP contribution is -2.40. The van der Waals surface area contributed by atoms with E-state index in [2.05, 4.69) is 10.6 Å². The number of anilines is 1. The molecule has 2 atom stereocenters. The molecule has 0 spiro atoms. The van der Waals surface area contributed by atoms with Crippen LogP contribution in [0.5, 0.6) is 0 Å². The molecular formula is C18H18FN3O2S. The van der Waals surface area contributed by atoms with Crippen molar-refractivity contribution >= 4 is 40.0 Å². The van der Waals surface area contributed by atoms with Crippen LogP contribution in [0.4, 0.5) is 10.1 Å². The summed E-state index contributed by atoms with van der Waals surface area (Å²) >= 11 is 1.52. The molecule has 1 fully saturated rings. The van der Waals surface area contributed by atoms with Gasteiger partial charge in [0, 0.05) is 24.9 Å². The van der Waals surface area contributed by atoms with Crippen molar-refractivity contribution in [2.75, 3.05) is 18.4 Å². The summed E-state index contributed by atoms with van der Waals surface area (Å²) in [5.74, 6) is -0.461. The number of hydrogen-bond donors (Lipinski definition) is 2. The van der Waals surface area contributed by atoms with E-state index in [-0.39, 0.29) is 29.0 Å². The number of amides is 2. The van der Waals surface area contributed by atoms with Gasteiger partial charge >= 0.3 is 0 Å². The lowest BCUT2D eigenvalue weighted by molar-refractivity contribution is -0.128. The van der Waals surface area contributed by atoms with Crippen molar-refractivity contribution in [1.82, 2.24) is 10.2 Å². The van der Waals surface area contributed by atoms with Crippen molar-refractivity contribution in [1.29, 1.82) is 0 Å². The van der Waals surface area contributed by atoms with Crippen LogP contribution >= 0.6 is 11.8 Å². The molecule has 130 valence electrons. The fraction of sp³-hybridized carbons (Fsp3) is 0.333. The standard InChI is InChI=1S/C18H18FN3O2S/c1-10(23)22-7-6-12(9-22)17(24)21-18-20-15-5-2-11-8-13(19)3-4-14(11)16(15)25-18/h2-5,8,12,18,20H,6-7,9H2,1H3,(H,21,24)/t12-,18?/m0/s1. The maximum atomic E-state index is 13.4. The number of likely N-dealkylation sites (tertiary alicyclic amines) is 1. The van der Waals surface area contributed by atoms with Crippen molar-refractivity contribution in [3.63, 3.8) is 0 Å². The van der Waals surface area contributed by atoms with Crippen molar-refractivity contribution in [2.24, 2.45) is 5.92 Å². The first-order chi connectivity index (χ1) is 12.0. The molecule has 2 aromatic rings. The summed E-state index contributed by atoms with van der Waals surface area (Å²) in [6.07, 6.45) is 0.692. The molecule has 0 radical (unpaired) electrons. The largest absolute Gasteiger partial charge is 0.356 e. The molecule has 2 N–H and O–H groups in total. The highest BCUT2D eigenvalue weighted by atomic mass is 32.2. The van der Waals surface area contributed by atoms with Gasteiger partial charge in [0.2, 0.25) is 11.8 Å². The Morgan fingerprint density at radius 3 is 2.92 bits per heavy atom. The summed E-state index contributed by atoms with van der Waals surface area (Å²) in [5.41, 5.74) is 0.677. The minimum absolute atomic E-state index is 0.00905. The average Bonchev–Trinajstić information content (AvgIpc) is 3.21. The molecule has 0 aromatic heterocycles.